The molecule has 0 bridgehead atoms. The minimum atomic E-state index is 0.114. The lowest BCUT2D eigenvalue weighted by atomic mass is 9.99. The maximum absolute atomic E-state index is 12.3. The molecule has 3 rings (SSSR count). The largest absolute Gasteiger partial charge is 0.296 e. The fourth-order valence-corrected chi connectivity index (χ4v) is 2.53. The number of aromatic nitrogens is 3. The number of carbonyl (C=O) groups excluding carboxylic acids is 1. The molecule has 19 heavy (non-hydrogen) atoms. The highest BCUT2D eigenvalue weighted by Crippen LogP contribution is 2.17. The van der Waals surface area contributed by atoms with Crippen LogP contribution < -0.4 is 0 Å². The molecule has 0 saturated carbocycles. The molecule has 2 aromatic rings. The zero-order chi connectivity index (χ0) is 13.2. The van der Waals surface area contributed by atoms with E-state index in [-0.39, 0.29) is 5.78 Å². The van der Waals surface area contributed by atoms with E-state index in [1.807, 2.05) is 6.20 Å². The number of nitrogens with zero attached hydrogens (tertiary/aromatic N) is 4. The van der Waals surface area contributed by atoms with Crippen LogP contribution in [0, 0.1) is 5.92 Å². The van der Waals surface area contributed by atoms with Gasteiger partial charge in [-0.3, -0.25) is 9.69 Å². The highest BCUT2D eigenvalue weighted by molar-refractivity contribution is 6.02. The van der Waals surface area contributed by atoms with Crippen molar-refractivity contribution in [2.45, 2.75) is 19.8 Å². The third-order valence-electron chi connectivity index (χ3n) is 3.82. The molecule has 1 saturated heterocycles. The molecule has 0 N–H and O–H groups in total. The van der Waals surface area contributed by atoms with Gasteiger partial charge in [0.25, 0.3) is 0 Å². The molecular weight excluding hydrogens is 240 g/mol. The minimum Gasteiger partial charge on any atom is -0.296 e. The van der Waals surface area contributed by atoms with E-state index in [9.17, 15) is 4.79 Å². The molecule has 100 valence electrons. The second-order valence-electron chi connectivity index (χ2n) is 5.33. The van der Waals surface area contributed by atoms with E-state index in [0.717, 1.165) is 19.0 Å². The van der Waals surface area contributed by atoms with Crippen LogP contribution in [0.2, 0.25) is 0 Å². The zero-order valence-electron chi connectivity index (χ0n) is 11.1. The van der Waals surface area contributed by atoms with Crippen LogP contribution in [-0.4, -0.2) is 44.9 Å². The molecule has 0 atom stereocenters. The van der Waals surface area contributed by atoms with Crippen LogP contribution in [0.4, 0.5) is 0 Å². The van der Waals surface area contributed by atoms with E-state index in [1.54, 1.807) is 23.0 Å². The number of hydrogen-bond acceptors (Lipinski definition) is 4. The molecule has 0 amide bonds. The molecule has 0 spiro atoms. The predicted octanol–water partition coefficient (Wildman–Crippen LogP) is 1.64. The molecule has 5 nitrogen and oxygen atoms in total. The quantitative estimate of drug-likeness (QED) is 0.785. The molecule has 1 fully saturated rings. The van der Waals surface area contributed by atoms with Crippen LogP contribution in [0.5, 0.6) is 0 Å². The lowest BCUT2D eigenvalue weighted by Crippen LogP contribution is -2.36. The van der Waals surface area contributed by atoms with Crippen molar-refractivity contribution in [1.82, 2.24) is 19.5 Å². The lowest BCUT2D eigenvalue weighted by Gasteiger charge is -2.29. The summed E-state index contributed by atoms with van der Waals surface area (Å²) in [5.41, 5.74) is 1.28. The summed E-state index contributed by atoms with van der Waals surface area (Å²) in [6.07, 6.45) is 7.48. The summed E-state index contributed by atoms with van der Waals surface area (Å²) >= 11 is 0. The summed E-state index contributed by atoms with van der Waals surface area (Å²) in [4.78, 5) is 18.8. The first-order valence-corrected chi connectivity index (χ1v) is 6.78. The van der Waals surface area contributed by atoms with Crippen molar-refractivity contribution in [3.05, 3.63) is 30.2 Å². The fraction of sp³-hybridized carbons (Fsp3) is 0.500. The Hall–Kier alpha value is -1.75. The maximum atomic E-state index is 12.3. The number of piperidine rings is 1. The molecule has 0 radical (unpaired) electrons. The number of hydrogen-bond donors (Lipinski definition) is 0. The molecule has 3 heterocycles. The van der Waals surface area contributed by atoms with Gasteiger partial charge < -0.3 is 0 Å². The van der Waals surface area contributed by atoms with Crippen molar-refractivity contribution in [2.24, 2.45) is 5.92 Å². The SMILES string of the molecule is CC1CCN(CC(=O)c2cnn3cccnc23)CC1. The molecular formula is C14H18N4O. The van der Waals surface area contributed by atoms with Gasteiger partial charge in [0.05, 0.1) is 18.3 Å². The summed E-state index contributed by atoms with van der Waals surface area (Å²) in [6.45, 7) is 4.78. The smallest absolute Gasteiger partial charge is 0.182 e. The molecule has 5 heteroatoms. The van der Waals surface area contributed by atoms with E-state index in [2.05, 4.69) is 21.9 Å². The van der Waals surface area contributed by atoms with Crippen molar-refractivity contribution in [2.75, 3.05) is 19.6 Å². The first-order chi connectivity index (χ1) is 9.24. The second-order valence-corrected chi connectivity index (χ2v) is 5.33. The highest BCUT2D eigenvalue weighted by atomic mass is 16.1. The van der Waals surface area contributed by atoms with Crippen molar-refractivity contribution < 1.29 is 4.79 Å². The zero-order valence-corrected chi connectivity index (χ0v) is 11.1. The normalized spacial score (nSPS) is 17.9. The van der Waals surface area contributed by atoms with Crippen LogP contribution in [-0.2, 0) is 0 Å². The minimum absolute atomic E-state index is 0.114. The van der Waals surface area contributed by atoms with E-state index in [0.29, 0.717) is 17.8 Å². The molecule has 1 aliphatic rings. The van der Waals surface area contributed by atoms with E-state index in [4.69, 9.17) is 0 Å². The number of ketones is 1. The van der Waals surface area contributed by atoms with Crippen LogP contribution in [0.1, 0.15) is 30.1 Å². The van der Waals surface area contributed by atoms with Gasteiger partial charge >= 0.3 is 0 Å². The van der Waals surface area contributed by atoms with Crippen molar-refractivity contribution in [3.63, 3.8) is 0 Å². The van der Waals surface area contributed by atoms with Gasteiger partial charge in [0.2, 0.25) is 0 Å². The Kier molecular flexibility index (Phi) is 3.29. The number of rotatable bonds is 3. The standard InChI is InChI=1S/C14H18N4O/c1-11-3-7-17(8-4-11)10-13(19)12-9-16-18-6-2-5-15-14(12)18/h2,5-6,9,11H,3-4,7-8,10H2,1H3. The number of fused-ring (bicyclic) bond motifs is 1. The van der Waals surface area contributed by atoms with Crippen LogP contribution in [0.25, 0.3) is 5.65 Å². The highest BCUT2D eigenvalue weighted by Gasteiger charge is 2.20. The van der Waals surface area contributed by atoms with Gasteiger partial charge in [-0.2, -0.15) is 5.10 Å². The summed E-state index contributed by atoms with van der Waals surface area (Å²) in [5, 5.41) is 4.16. The van der Waals surface area contributed by atoms with Gasteiger partial charge in [0.1, 0.15) is 0 Å². The summed E-state index contributed by atoms with van der Waals surface area (Å²) < 4.78 is 1.64. The van der Waals surface area contributed by atoms with Crippen molar-refractivity contribution in [1.29, 1.82) is 0 Å². The Morgan fingerprint density at radius 2 is 2.21 bits per heavy atom. The third kappa shape index (κ3) is 2.51. The summed E-state index contributed by atoms with van der Waals surface area (Å²) in [5.74, 6) is 0.897. The van der Waals surface area contributed by atoms with E-state index < -0.39 is 0 Å². The molecule has 1 aliphatic heterocycles. The lowest BCUT2D eigenvalue weighted by molar-refractivity contribution is 0.0901. The number of likely N-dealkylation sites (tertiary alicyclic amines) is 1. The molecule has 2 aromatic heterocycles. The Labute approximate surface area is 112 Å². The van der Waals surface area contributed by atoms with Crippen molar-refractivity contribution >= 4 is 11.4 Å². The van der Waals surface area contributed by atoms with Gasteiger partial charge in [-0.1, -0.05) is 6.92 Å². The Morgan fingerprint density at radius 3 is 3.00 bits per heavy atom. The maximum Gasteiger partial charge on any atom is 0.182 e. The van der Waals surface area contributed by atoms with Gasteiger partial charge in [-0.05, 0) is 37.9 Å². The Morgan fingerprint density at radius 1 is 1.42 bits per heavy atom. The first-order valence-electron chi connectivity index (χ1n) is 6.78. The van der Waals surface area contributed by atoms with Crippen molar-refractivity contribution in [3.8, 4) is 0 Å². The van der Waals surface area contributed by atoms with E-state index in [1.165, 1.54) is 12.8 Å². The third-order valence-corrected chi connectivity index (χ3v) is 3.82. The summed E-state index contributed by atoms with van der Waals surface area (Å²) in [7, 11) is 0. The van der Waals surface area contributed by atoms with Gasteiger partial charge in [-0.25, -0.2) is 9.50 Å². The topological polar surface area (TPSA) is 50.5 Å². The van der Waals surface area contributed by atoms with Gasteiger partial charge in [0, 0.05) is 12.4 Å². The Balaban J connectivity index is 1.73. The molecule has 0 aliphatic carbocycles. The number of carbonyl (C=O) groups is 1. The predicted molar refractivity (Wildman–Crippen MR) is 72.2 cm³/mol. The van der Waals surface area contributed by atoms with E-state index >= 15 is 0 Å². The second kappa shape index (κ2) is 5.09. The van der Waals surface area contributed by atoms with Crippen LogP contribution in [0.15, 0.2) is 24.7 Å². The molecule has 0 unspecified atom stereocenters. The van der Waals surface area contributed by atoms with Crippen LogP contribution in [0.3, 0.4) is 0 Å². The van der Waals surface area contributed by atoms with Crippen LogP contribution >= 0.6 is 0 Å². The van der Waals surface area contributed by atoms with Gasteiger partial charge in [-0.15, -0.1) is 0 Å². The average molecular weight is 258 g/mol. The van der Waals surface area contributed by atoms with Gasteiger partial charge in [0.15, 0.2) is 11.4 Å². The summed E-state index contributed by atoms with van der Waals surface area (Å²) in [6, 6.07) is 1.81. The average Bonchev–Trinajstić information content (AvgIpc) is 2.85. The number of Topliss-reactive ketones (excluding diaryl/α,β-unsaturated/α-hetero) is 1. The fourth-order valence-electron chi connectivity index (χ4n) is 2.53. The first kappa shape index (κ1) is 12.3. The molecule has 0 aromatic carbocycles. The Bertz CT molecular complexity index is 584. The monoisotopic (exact) mass is 258 g/mol.